The van der Waals surface area contributed by atoms with Crippen LogP contribution in [0.1, 0.15) is 44.9 Å². The summed E-state index contributed by atoms with van der Waals surface area (Å²) < 4.78 is 25.8. The van der Waals surface area contributed by atoms with E-state index in [0.29, 0.717) is 35.2 Å². The van der Waals surface area contributed by atoms with E-state index in [4.69, 9.17) is 9.47 Å². The van der Waals surface area contributed by atoms with Crippen LogP contribution in [0.3, 0.4) is 0 Å². The summed E-state index contributed by atoms with van der Waals surface area (Å²) in [6.07, 6.45) is 9.39. The van der Waals surface area contributed by atoms with Crippen molar-refractivity contribution in [3.05, 3.63) is 42.2 Å². The Morgan fingerprint density at radius 3 is 2.65 bits per heavy atom. The van der Waals surface area contributed by atoms with Crippen molar-refractivity contribution in [3.8, 4) is 16.9 Å². The van der Waals surface area contributed by atoms with Crippen molar-refractivity contribution in [1.29, 1.82) is 0 Å². The molecule has 2 aromatic rings. The van der Waals surface area contributed by atoms with Gasteiger partial charge in [0.25, 0.3) is 0 Å². The zero-order valence-corrected chi connectivity index (χ0v) is 20.0. The smallest absolute Gasteiger partial charge is 0.227 e. The molecule has 2 aliphatic rings. The first-order valence-corrected chi connectivity index (χ1v) is 12.4. The van der Waals surface area contributed by atoms with Gasteiger partial charge in [0.1, 0.15) is 24.0 Å². The Morgan fingerprint density at radius 1 is 1.21 bits per heavy atom. The molecule has 2 heterocycles. The average Bonchev–Trinajstić information content (AvgIpc) is 2.86. The minimum absolute atomic E-state index is 0.0735. The van der Waals surface area contributed by atoms with Crippen LogP contribution in [0.2, 0.25) is 0 Å². The summed E-state index contributed by atoms with van der Waals surface area (Å²) in [6.45, 7) is 6.65. The zero-order chi connectivity index (χ0) is 23.8. The highest BCUT2D eigenvalue weighted by atomic mass is 19.1. The third-order valence-corrected chi connectivity index (χ3v) is 6.80. The van der Waals surface area contributed by atoms with Crippen molar-refractivity contribution < 1.29 is 18.7 Å². The fourth-order valence-electron chi connectivity index (χ4n) is 4.72. The van der Waals surface area contributed by atoms with E-state index in [1.54, 1.807) is 24.5 Å². The van der Waals surface area contributed by atoms with E-state index in [1.807, 2.05) is 0 Å². The van der Waals surface area contributed by atoms with Crippen LogP contribution in [0.15, 0.2) is 30.6 Å². The Morgan fingerprint density at radius 2 is 1.94 bits per heavy atom. The number of nitrogens with zero attached hydrogens (tertiary/aromatic N) is 3. The number of halogens is 1. The number of morpholine rings is 1. The van der Waals surface area contributed by atoms with E-state index in [-0.39, 0.29) is 24.2 Å². The number of aromatic nitrogens is 2. The number of hydrogen-bond donors (Lipinski definition) is 1. The van der Waals surface area contributed by atoms with Gasteiger partial charge in [0.05, 0.1) is 19.6 Å². The molecule has 8 heteroatoms. The van der Waals surface area contributed by atoms with Crippen LogP contribution < -0.4 is 10.1 Å². The molecule has 184 valence electrons. The van der Waals surface area contributed by atoms with Crippen molar-refractivity contribution in [3.63, 3.8) is 0 Å². The maximum atomic E-state index is 14.7. The Labute approximate surface area is 201 Å². The van der Waals surface area contributed by atoms with Crippen molar-refractivity contribution in [2.45, 2.75) is 51.5 Å². The molecule has 4 rings (SSSR count). The van der Waals surface area contributed by atoms with Crippen LogP contribution in [0.25, 0.3) is 11.1 Å². The number of ether oxygens (including phenoxy) is 2. The highest BCUT2D eigenvalue weighted by Crippen LogP contribution is 2.27. The van der Waals surface area contributed by atoms with Gasteiger partial charge in [0, 0.05) is 55.3 Å². The molecule has 1 aliphatic heterocycles. The van der Waals surface area contributed by atoms with Gasteiger partial charge >= 0.3 is 0 Å². The molecule has 1 saturated heterocycles. The summed E-state index contributed by atoms with van der Waals surface area (Å²) in [5.74, 6) is 1.02. The van der Waals surface area contributed by atoms with Gasteiger partial charge in [-0.2, -0.15) is 0 Å². The van der Waals surface area contributed by atoms with Crippen molar-refractivity contribution in [2.24, 2.45) is 5.92 Å². The van der Waals surface area contributed by atoms with Gasteiger partial charge in [-0.05, 0) is 37.8 Å². The fourth-order valence-corrected chi connectivity index (χ4v) is 4.72. The van der Waals surface area contributed by atoms with Gasteiger partial charge in [-0.15, -0.1) is 0 Å². The number of carbonyl (C=O) groups is 1. The van der Waals surface area contributed by atoms with Gasteiger partial charge in [-0.25, -0.2) is 14.4 Å². The van der Waals surface area contributed by atoms with Crippen LogP contribution >= 0.6 is 0 Å². The number of benzene rings is 1. The van der Waals surface area contributed by atoms with E-state index in [1.165, 1.54) is 38.2 Å². The zero-order valence-electron chi connectivity index (χ0n) is 20.0. The minimum atomic E-state index is -0.390. The molecule has 1 aliphatic carbocycles. The number of rotatable bonds is 9. The lowest BCUT2D eigenvalue weighted by molar-refractivity contribution is -0.121. The van der Waals surface area contributed by atoms with Gasteiger partial charge < -0.3 is 14.8 Å². The molecule has 2 fully saturated rings. The molecule has 0 bridgehead atoms. The lowest BCUT2D eigenvalue weighted by Gasteiger charge is -2.28. The molecular formula is C26H35FN4O3. The van der Waals surface area contributed by atoms with Crippen molar-refractivity contribution in [2.75, 3.05) is 39.5 Å². The molecule has 0 unspecified atom stereocenters. The third-order valence-electron chi connectivity index (χ3n) is 6.80. The summed E-state index contributed by atoms with van der Waals surface area (Å²) in [5.41, 5.74) is 0.972. The van der Waals surface area contributed by atoms with Crippen molar-refractivity contribution >= 4 is 5.91 Å². The Bertz CT molecular complexity index is 928. The predicted molar refractivity (Wildman–Crippen MR) is 128 cm³/mol. The molecule has 1 saturated carbocycles. The van der Waals surface area contributed by atoms with E-state index in [0.717, 1.165) is 32.8 Å². The summed E-state index contributed by atoms with van der Waals surface area (Å²) in [4.78, 5) is 23.3. The first kappa shape index (κ1) is 24.5. The summed E-state index contributed by atoms with van der Waals surface area (Å²) >= 11 is 0. The van der Waals surface area contributed by atoms with E-state index in [9.17, 15) is 9.18 Å². The maximum absolute atomic E-state index is 14.7. The molecule has 1 amide bonds. The molecule has 1 N–H and O–H groups in total. The minimum Gasteiger partial charge on any atom is -0.492 e. The first-order chi connectivity index (χ1) is 16.6. The standard InChI is InChI=1S/C26H35FN4O3/c1-19(20-5-3-2-4-6-20)30-26(32)16-25-28-17-21(18-29-25)23-8-7-22(15-24(23)27)34-14-11-31-9-12-33-13-10-31/h7-8,15,17-20H,2-6,9-14,16H2,1H3,(H,30,32)/t19-/m1/s1. The summed E-state index contributed by atoms with van der Waals surface area (Å²) in [6, 6.07) is 4.99. The quantitative estimate of drug-likeness (QED) is 0.603. The lowest BCUT2D eigenvalue weighted by Crippen LogP contribution is -2.39. The van der Waals surface area contributed by atoms with Gasteiger partial charge in [-0.3, -0.25) is 9.69 Å². The molecular weight excluding hydrogens is 435 g/mol. The summed E-state index contributed by atoms with van der Waals surface area (Å²) in [5, 5.41) is 3.10. The highest BCUT2D eigenvalue weighted by Gasteiger charge is 2.21. The van der Waals surface area contributed by atoms with Crippen LogP contribution in [0.5, 0.6) is 5.75 Å². The van der Waals surface area contributed by atoms with Gasteiger partial charge in [0.15, 0.2) is 0 Å². The second-order valence-corrected chi connectivity index (χ2v) is 9.26. The van der Waals surface area contributed by atoms with E-state index >= 15 is 0 Å². The second-order valence-electron chi connectivity index (χ2n) is 9.26. The topological polar surface area (TPSA) is 76.6 Å². The lowest BCUT2D eigenvalue weighted by atomic mass is 9.84. The highest BCUT2D eigenvalue weighted by molar-refractivity contribution is 5.78. The molecule has 0 spiro atoms. The third kappa shape index (κ3) is 6.96. The largest absolute Gasteiger partial charge is 0.492 e. The monoisotopic (exact) mass is 470 g/mol. The first-order valence-electron chi connectivity index (χ1n) is 12.4. The van der Waals surface area contributed by atoms with Gasteiger partial charge in [0.2, 0.25) is 5.91 Å². The SMILES string of the molecule is C[C@@H](NC(=O)Cc1ncc(-c2ccc(OCCN3CCOCC3)cc2F)cn1)C1CCCCC1. The van der Waals surface area contributed by atoms with Crippen LogP contribution in [0, 0.1) is 11.7 Å². The maximum Gasteiger partial charge on any atom is 0.227 e. The van der Waals surface area contributed by atoms with Crippen molar-refractivity contribution in [1.82, 2.24) is 20.2 Å². The van der Waals surface area contributed by atoms with E-state index in [2.05, 4.69) is 27.1 Å². The van der Waals surface area contributed by atoms with Gasteiger partial charge in [-0.1, -0.05) is 19.3 Å². The molecule has 1 aromatic carbocycles. The Kier molecular flexibility index (Phi) is 8.82. The summed E-state index contributed by atoms with van der Waals surface area (Å²) in [7, 11) is 0. The number of hydrogen-bond acceptors (Lipinski definition) is 6. The molecule has 0 radical (unpaired) electrons. The molecule has 7 nitrogen and oxygen atoms in total. The number of amides is 1. The average molecular weight is 471 g/mol. The van der Waals surface area contributed by atoms with Crippen LogP contribution in [-0.4, -0.2) is 66.3 Å². The Balaban J connectivity index is 1.27. The molecule has 1 atom stereocenters. The fraction of sp³-hybridized carbons (Fsp3) is 0.577. The predicted octanol–water partition coefficient (Wildman–Crippen LogP) is 3.62. The van der Waals surface area contributed by atoms with Crippen LogP contribution in [0.4, 0.5) is 4.39 Å². The molecule has 34 heavy (non-hydrogen) atoms. The second kappa shape index (κ2) is 12.2. The number of nitrogens with one attached hydrogen (secondary N) is 1. The number of carbonyl (C=O) groups excluding carboxylic acids is 1. The van der Waals surface area contributed by atoms with Crippen LogP contribution in [-0.2, 0) is 16.0 Å². The molecule has 1 aromatic heterocycles. The normalized spacial score (nSPS) is 18.4. The van der Waals surface area contributed by atoms with E-state index < -0.39 is 0 Å². The Hall–Kier alpha value is -2.58.